The Morgan fingerprint density at radius 1 is 1.10 bits per heavy atom. The first-order valence-corrected chi connectivity index (χ1v) is 9.51. The van der Waals surface area contributed by atoms with Crippen molar-refractivity contribution in [2.75, 3.05) is 32.8 Å². The zero-order valence-corrected chi connectivity index (χ0v) is 15.8. The summed E-state index contributed by atoms with van der Waals surface area (Å²) in [5.41, 5.74) is 1.35. The van der Waals surface area contributed by atoms with E-state index in [-0.39, 0.29) is 29.8 Å². The number of fused-ring (bicyclic) bond motifs is 1. The van der Waals surface area contributed by atoms with Gasteiger partial charge in [0.25, 0.3) is 11.8 Å². The molecule has 150 valence electrons. The molecule has 2 aromatic heterocycles. The van der Waals surface area contributed by atoms with Crippen LogP contribution in [0, 0.1) is 5.82 Å². The molecule has 2 amide bonds. The predicted octanol–water partition coefficient (Wildman–Crippen LogP) is 1.92. The molecule has 0 aliphatic carbocycles. The SMILES string of the molecule is O=C(NCCc1ccccc1F)c1nc(C(=O)N2CCOCC2)c2ccccn12. The van der Waals surface area contributed by atoms with E-state index in [0.29, 0.717) is 43.8 Å². The van der Waals surface area contributed by atoms with Gasteiger partial charge in [-0.25, -0.2) is 9.37 Å². The molecule has 1 fully saturated rings. The molecule has 0 radical (unpaired) electrons. The van der Waals surface area contributed by atoms with Gasteiger partial charge in [0.1, 0.15) is 5.82 Å². The molecule has 0 unspecified atom stereocenters. The number of nitrogens with zero attached hydrogens (tertiary/aromatic N) is 3. The maximum Gasteiger partial charge on any atom is 0.287 e. The van der Waals surface area contributed by atoms with Crippen LogP contribution in [0.25, 0.3) is 5.52 Å². The summed E-state index contributed by atoms with van der Waals surface area (Å²) in [7, 11) is 0. The van der Waals surface area contributed by atoms with Crippen LogP contribution < -0.4 is 5.32 Å². The largest absolute Gasteiger partial charge is 0.378 e. The van der Waals surface area contributed by atoms with Crippen molar-refractivity contribution in [1.29, 1.82) is 0 Å². The average molecular weight is 396 g/mol. The Morgan fingerprint density at radius 2 is 1.86 bits per heavy atom. The molecular formula is C21H21FN4O3. The second kappa shape index (κ2) is 8.40. The Bertz CT molecular complexity index is 1040. The number of carbonyl (C=O) groups is 2. The number of halogens is 1. The Hall–Kier alpha value is -3.26. The van der Waals surface area contributed by atoms with Crippen LogP contribution in [0.2, 0.25) is 0 Å². The van der Waals surface area contributed by atoms with Crippen molar-refractivity contribution in [3.8, 4) is 0 Å². The van der Waals surface area contributed by atoms with Gasteiger partial charge in [-0.15, -0.1) is 0 Å². The minimum Gasteiger partial charge on any atom is -0.378 e. The van der Waals surface area contributed by atoms with Crippen LogP contribution in [-0.2, 0) is 11.2 Å². The van der Waals surface area contributed by atoms with Crippen molar-refractivity contribution >= 4 is 17.3 Å². The van der Waals surface area contributed by atoms with Gasteiger partial charge in [0.15, 0.2) is 5.69 Å². The molecule has 1 N–H and O–H groups in total. The fraction of sp³-hybridized carbons (Fsp3) is 0.286. The summed E-state index contributed by atoms with van der Waals surface area (Å²) in [5, 5.41) is 2.76. The third-order valence-corrected chi connectivity index (χ3v) is 4.89. The van der Waals surface area contributed by atoms with Gasteiger partial charge in [-0.1, -0.05) is 24.3 Å². The van der Waals surface area contributed by atoms with E-state index in [0.717, 1.165) is 0 Å². The molecule has 1 aliphatic heterocycles. The summed E-state index contributed by atoms with van der Waals surface area (Å²) < 4.78 is 20.6. The zero-order valence-electron chi connectivity index (χ0n) is 15.8. The first kappa shape index (κ1) is 19.1. The van der Waals surface area contributed by atoms with E-state index in [4.69, 9.17) is 4.74 Å². The topological polar surface area (TPSA) is 75.9 Å². The third kappa shape index (κ3) is 3.97. The van der Waals surface area contributed by atoms with E-state index >= 15 is 0 Å². The van der Waals surface area contributed by atoms with E-state index in [1.807, 2.05) is 0 Å². The number of carbonyl (C=O) groups excluding carboxylic acids is 2. The number of imidazole rings is 1. The number of rotatable bonds is 5. The lowest BCUT2D eigenvalue weighted by Crippen LogP contribution is -2.41. The predicted molar refractivity (Wildman–Crippen MR) is 104 cm³/mol. The number of morpholine rings is 1. The van der Waals surface area contributed by atoms with Gasteiger partial charge in [0, 0.05) is 25.8 Å². The molecule has 0 atom stereocenters. The third-order valence-electron chi connectivity index (χ3n) is 4.89. The van der Waals surface area contributed by atoms with Gasteiger partial charge in [0.05, 0.1) is 18.7 Å². The van der Waals surface area contributed by atoms with Crippen LogP contribution in [0.15, 0.2) is 48.7 Å². The lowest BCUT2D eigenvalue weighted by molar-refractivity contribution is 0.0300. The molecule has 1 aliphatic rings. The molecule has 1 aromatic carbocycles. The Morgan fingerprint density at radius 3 is 2.66 bits per heavy atom. The number of amides is 2. The molecule has 29 heavy (non-hydrogen) atoms. The van der Waals surface area contributed by atoms with E-state index < -0.39 is 5.91 Å². The average Bonchev–Trinajstić information content (AvgIpc) is 3.15. The fourth-order valence-electron chi connectivity index (χ4n) is 3.36. The number of ether oxygens (including phenoxy) is 1. The second-order valence-electron chi connectivity index (χ2n) is 6.74. The van der Waals surface area contributed by atoms with Gasteiger partial charge in [-0.2, -0.15) is 0 Å². The summed E-state index contributed by atoms with van der Waals surface area (Å²) in [6, 6.07) is 11.8. The standard InChI is InChI=1S/C21H21FN4O3/c22-16-6-2-1-5-15(16)8-9-23-20(27)19-24-18(17-7-3-4-10-26(17)19)21(28)25-11-13-29-14-12-25/h1-7,10H,8-9,11-14H2,(H,23,27). The van der Waals surface area contributed by atoms with Crippen LogP contribution in [0.3, 0.4) is 0 Å². The summed E-state index contributed by atoms with van der Waals surface area (Å²) in [6.07, 6.45) is 2.06. The molecule has 0 saturated carbocycles. The maximum absolute atomic E-state index is 13.7. The molecule has 1 saturated heterocycles. The van der Waals surface area contributed by atoms with E-state index in [9.17, 15) is 14.0 Å². The lowest BCUT2D eigenvalue weighted by Gasteiger charge is -2.26. The smallest absolute Gasteiger partial charge is 0.287 e. The highest BCUT2D eigenvalue weighted by molar-refractivity contribution is 6.02. The molecule has 7 nitrogen and oxygen atoms in total. The first-order valence-electron chi connectivity index (χ1n) is 9.51. The minimum atomic E-state index is -0.413. The fourth-order valence-corrected chi connectivity index (χ4v) is 3.36. The van der Waals surface area contributed by atoms with Crippen molar-refractivity contribution in [2.24, 2.45) is 0 Å². The van der Waals surface area contributed by atoms with Crippen molar-refractivity contribution in [1.82, 2.24) is 19.6 Å². The van der Waals surface area contributed by atoms with Crippen molar-refractivity contribution in [2.45, 2.75) is 6.42 Å². The molecule has 0 spiro atoms. The molecule has 8 heteroatoms. The highest BCUT2D eigenvalue weighted by Gasteiger charge is 2.26. The van der Waals surface area contributed by atoms with Crippen LogP contribution in [0.5, 0.6) is 0 Å². The number of benzene rings is 1. The van der Waals surface area contributed by atoms with Gasteiger partial charge < -0.3 is 15.0 Å². The molecule has 3 heterocycles. The zero-order chi connectivity index (χ0) is 20.2. The first-order chi connectivity index (χ1) is 14.1. The summed E-state index contributed by atoms with van der Waals surface area (Å²) >= 11 is 0. The van der Waals surface area contributed by atoms with E-state index in [2.05, 4.69) is 10.3 Å². The highest BCUT2D eigenvalue weighted by atomic mass is 19.1. The van der Waals surface area contributed by atoms with E-state index in [1.165, 1.54) is 6.07 Å². The number of nitrogens with one attached hydrogen (secondary N) is 1. The van der Waals surface area contributed by atoms with Crippen molar-refractivity contribution in [3.63, 3.8) is 0 Å². The number of hydrogen-bond donors (Lipinski definition) is 1. The Labute approximate surface area is 167 Å². The second-order valence-corrected chi connectivity index (χ2v) is 6.74. The minimum absolute atomic E-state index is 0.130. The van der Waals surface area contributed by atoms with Crippen LogP contribution in [-0.4, -0.2) is 58.9 Å². The van der Waals surface area contributed by atoms with E-state index in [1.54, 1.807) is 51.9 Å². The molecule has 3 aromatic rings. The van der Waals surface area contributed by atoms with Gasteiger partial charge in [-0.05, 0) is 30.2 Å². The number of hydrogen-bond acceptors (Lipinski definition) is 4. The molecular weight excluding hydrogens is 375 g/mol. The van der Waals surface area contributed by atoms with Gasteiger partial charge >= 0.3 is 0 Å². The number of aromatic nitrogens is 2. The summed E-state index contributed by atoms with van der Waals surface area (Å²) in [6.45, 7) is 2.22. The lowest BCUT2D eigenvalue weighted by atomic mass is 10.1. The van der Waals surface area contributed by atoms with Gasteiger partial charge in [0.2, 0.25) is 5.82 Å². The van der Waals surface area contributed by atoms with Crippen molar-refractivity contribution in [3.05, 3.63) is 71.6 Å². The van der Waals surface area contributed by atoms with Crippen LogP contribution in [0.1, 0.15) is 26.7 Å². The Balaban J connectivity index is 1.53. The maximum atomic E-state index is 13.7. The molecule has 4 rings (SSSR count). The summed E-state index contributed by atoms with van der Waals surface area (Å²) in [4.78, 5) is 31.7. The summed E-state index contributed by atoms with van der Waals surface area (Å²) in [5.74, 6) is -0.803. The quantitative estimate of drug-likeness (QED) is 0.715. The van der Waals surface area contributed by atoms with Crippen molar-refractivity contribution < 1.29 is 18.7 Å². The Kier molecular flexibility index (Phi) is 5.53. The molecule has 0 bridgehead atoms. The number of pyridine rings is 1. The van der Waals surface area contributed by atoms with Gasteiger partial charge in [-0.3, -0.25) is 14.0 Å². The van der Waals surface area contributed by atoms with Crippen LogP contribution in [0.4, 0.5) is 4.39 Å². The van der Waals surface area contributed by atoms with Crippen LogP contribution >= 0.6 is 0 Å². The monoisotopic (exact) mass is 396 g/mol. The normalized spacial score (nSPS) is 14.2. The highest BCUT2D eigenvalue weighted by Crippen LogP contribution is 2.16.